The summed E-state index contributed by atoms with van der Waals surface area (Å²) in [6.07, 6.45) is 3.60. The molecule has 9 heteroatoms. The maximum absolute atomic E-state index is 12.2. The molecule has 0 unspecified atom stereocenters. The lowest BCUT2D eigenvalue weighted by Gasteiger charge is -2.23. The molecule has 2 heterocycles. The van der Waals surface area contributed by atoms with Crippen molar-refractivity contribution in [2.45, 2.75) is 18.9 Å². The van der Waals surface area contributed by atoms with Crippen molar-refractivity contribution in [1.82, 2.24) is 20.4 Å². The number of nitro groups is 1. The summed E-state index contributed by atoms with van der Waals surface area (Å²) in [7, 11) is 0. The van der Waals surface area contributed by atoms with E-state index in [4.69, 9.17) is 0 Å². The molecule has 8 nitrogen and oxygen atoms in total. The zero-order chi connectivity index (χ0) is 16.2. The molecule has 0 aliphatic carbocycles. The molecule has 0 spiro atoms. The number of carbonyl (C=O) groups is 1. The van der Waals surface area contributed by atoms with Crippen molar-refractivity contribution in [1.29, 1.82) is 0 Å². The van der Waals surface area contributed by atoms with Crippen LogP contribution in [0, 0.1) is 10.1 Å². The number of aromatic nitrogens is 2. The number of rotatable bonds is 4. The van der Waals surface area contributed by atoms with Gasteiger partial charge in [0.25, 0.3) is 11.6 Å². The summed E-state index contributed by atoms with van der Waals surface area (Å²) in [5, 5.41) is 21.2. The van der Waals surface area contributed by atoms with Crippen LogP contribution in [0.25, 0.3) is 5.69 Å². The summed E-state index contributed by atoms with van der Waals surface area (Å²) in [4.78, 5) is 22.6. The molecule has 0 saturated carbocycles. The Kier molecular flexibility index (Phi) is 5.88. The Morgan fingerprint density at radius 3 is 2.96 bits per heavy atom. The summed E-state index contributed by atoms with van der Waals surface area (Å²) in [6.45, 7) is 1.74. The second kappa shape index (κ2) is 7.89. The predicted molar refractivity (Wildman–Crippen MR) is 90.8 cm³/mol. The van der Waals surface area contributed by atoms with Gasteiger partial charge in [0.15, 0.2) is 5.69 Å². The van der Waals surface area contributed by atoms with Crippen LogP contribution in [0.5, 0.6) is 0 Å². The van der Waals surface area contributed by atoms with Gasteiger partial charge in [-0.3, -0.25) is 14.9 Å². The van der Waals surface area contributed by atoms with Crippen molar-refractivity contribution in [3.63, 3.8) is 0 Å². The second-order valence-corrected chi connectivity index (χ2v) is 5.44. The Morgan fingerprint density at radius 1 is 1.42 bits per heavy atom. The molecule has 128 valence electrons. The molecule has 1 aromatic heterocycles. The molecule has 24 heavy (non-hydrogen) atoms. The molecule has 1 aliphatic heterocycles. The van der Waals surface area contributed by atoms with Gasteiger partial charge in [-0.15, -0.1) is 12.4 Å². The van der Waals surface area contributed by atoms with Gasteiger partial charge < -0.3 is 10.6 Å². The molecule has 1 aliphatic rings. The minimum Gasteiger partial charge on any atom is -0.347 e. The first kappa shape index (κ1) is 17.9. The molecule has 2 N–H and O–H groups in total. The molecule has 2 aromatic rings. The quantitative estimate of drug-likeness (QED) is 0.644. The lowest BCUT2D eigenvalue weighted by Crippen LogP contribution is -2.45. The van der Waals surface area contributed by atoms with E-state index in [1.807, 2.05) is 0 Å². The van der Waals surface area contributed by atoms with E-state index in [2.05, 4.69) is 15.7 Å². The van der Waals surface area contributed by atoms with Crippen LogP contribution >= 0.6 is 12.4 Å². The normalized spacial score (nSPS) is 16.9. The van der Waals surface area contributed by atoms with E-state index in [1.165, 1.54) is 16.8 Å². The van der Waals surface area contributed by atoms with Crippen LogP contribution in [0.1, 0.15) is 23.3 Å². The van der Waals surface area contributed by atoms with E-state index in [1.54, 1.807) is 24.4 Å². The maximum Gasteiger partial charge on any atom is 0.272 e. The van der Waals surface area contributed by atoms with E-state index >= 15 is 0 Å². The fourth-order valence-corrected chi connectivity index (χ4v) is 2.57. The van der Waals surface area contributed by atoms with E-state index in [9.17, 15) is 14.9 Å². The zero-order valence-electron chi connectivity index (χ0n) is 12.8. The lowest BCUT2D eigenvalue weighted by atomic mass is 10.1. The van der Waals surface area contributed by atoms with Gasteiger partial charge in [-0.25, -0.2) is 4.68 Å². The Hall–Kier alpha value is -2.45. The third-order valence-electron chi connectivity index (χ3n) is 3.76. The predicted octanol–water partition coefficient (Wildman–Crippen LogP) is 1.68. The summed E-state index contributed by atoms with van der Waals surface area (Å²) >= 11 is 0. The number of non-ortho nitro benzene ring substituents is 1. The van der Waals surface area contributed by atoms with Gasteiger partial charge in [0.2, 0.25) is 0 Å². The van der Waals surface area contributed by atoms with Gasteiger partial charge in [-0.1, -0.05) is 6.07 Å². The van der Waals surface area contributed by atoms with E-state index in [0.717, 1.165) is 25.9 Å². The molecule has 0 bridgehead atoms. The smallest absolute Gasteiger partial charge is 0.272 e. The van der Waals surface area contributed by atoms with Crippen molar-refractivity contribution >= 4 is 24.0 Å². The average Bonchev–Trinajstić information content (AvgIpc) is 3.06. The Bertz CT molecular complexity index is 727. The van der Waals surface area contributed by atoms with Gasteiger partial charge in [-0.2, -0.15) is 5.10 Å². The number of nitrogens with zero attached hydrogens (tertiary/aromatic N) is 3. The number of carbonyl (C=O) groups excluding carboxylic acids is 1. The third-order valence-corrected chi connectivity index (χ3v) is 3.76. The van der Waals surface area contributed by atoms with Crippen LogP contribution < -0.4 is 10.6 Å². The molecule has 0 radical (unpaired) electrons. The second-order valence-electron chi connectivity index (χ2n) is 5.44. The highest BCUT2D eigenvalue weighted by Crippen LogP contribution is 2.16. The molecule has 1 atom stereocenters. The van der Waals surface area contributed by atoms with Crippen LogP contribution in [0.2, 0.25) is 0 Å². The number of nitro benzene ring substituents is 1. The summed E-state index contributed by atoms with van der Waals surface area (Å²) < 4.78 is 1.46. The number of piperidine rings is 1. The molecular formula is C15H18ClN5O3. The Morgan fingerprint density at radius 2 is 2.25 bits per heavy atom. The maximum atomic E-state index is 12.2. The minimum atomic E-state index is -0.462. The first-order valence-electron chi connectivity index (χ1n) is 7.45. The summed E-state index contributed by atoms with van der Waals surface area (Å²) in [6, 6.07) is 7.83. The monoisotopic (exact) mass is 351 g/mol. The fourth-order valence-electron chi connectivity index (χ4n) is 2.57. The van der Waals surface area contributed by atoms with Crippen LogP contribution in [0.15, 0.2) is 36.5 Å². The number of benzene rings is 1. The molecule has 1 amide bonds. The topological polar surface area (TPSA) is 102 Å². The highest BCUT2D eigenvalue weighted by molar-refractivity contribution is 5.92. The van der Waals surface area contributed by atoms with E-state index in [-0.39, 0.29) is 30.0 Å². The van der Waals surface area contributed by atoms with E-state index < -0.39 is 4.92 Å². The Labute approximate surface area is 144 Å². The van der Waals surface area contributed by atoms with Gasteiger partial charge in [0, 0.05) is 30.9 Å². The van der Waals surface area contributed by atoms with Crippen molar-refractivity contribution in [2.24, 2.45) is 0 Å². The average molecular weight is 352 g/mol. The number of halogens is 1. The van der Waals surface area contributed by atoms with Crippen LogP contribution in [0.4, 0.5) is 5.69 Å². The first-order valence-corrected chi connectivity index (χ1v) is 7.45. The van der Waals surface area contributed by atoms with Gasteiger partial charge in [-0.05, 0) is 31.5 Å². The van der Waals surface area contributed by atoms with Gasteiger partial charge in [0.05, 0.1) is 10.6 Å². The van der Waals surface area contributed by atoms with Crippen molar-refractivity contribution in [3.05, 3.63) is 52.3 Å². The van der Waals surface area contributed by atoms with Gasteiger partial charge >= 0.3 is 0 Å². The summed E-state index contributed by atoms with van der Waals surface area (Å²) in [5.41, 5.74) is 0.817. The molecule has 1 fully saturated rings. The number of nitrogens with one attached hydrogen (secondary N) is 2. The van der Waals surface area contributed by atoms with E-state index in [0.29, 0.717) is 11.4 Å². The number of hydrogen-bond donors (Lipinski definition) is 2. The van der Waals surface area contributed by atoms with Crippen molar-refractivity contribution in [3.8, 4) is 5.69 Å². The minimum absolute atomic E-state index is 0. The Balaban J connectivity index is 0.00000208. The molecular weight excluding hydrogens is 334 g/mol. The third kappa shape index (κ3) is 4.09. The van der Waals surface area contributed by atoms with Crippen LogP contribution in [-0.4, -0.2) is 39.7 Å². The highest BCUT2D eigenvalue weighted by Gasteiger charge is 2.18. The van der Waals surface area contributed by atoms with Crippen LogP contribution in [0.3, 0.4) is 0 Å². The standard InChI is InChI=1S/C15H17N5O3.ClH/c21-15(17-11-3-2-7-16-10-11)14-6-8-19(18-14)12-4-1-5-13(9-12)20(22)23;/h1,4-6,8-9,11,16H,2-3,7,10H2,(H,17,21);1H/t11-;/m0./s1. The lowest BCUT2D eigenvalue weighted by molar-refractivity contribution is -0.384. The largest absolute Gasteiger partial charge is 0.347 e. The SMILES string of the molecule is Cl.O=C(N[C@H]1CCCNC1)c1ccn(-c2cccc([N+](=O)[O-])c2)n1. The van der Waals surface area contributed by atoms with Gasteiger partial charge in [0.1, 0.15) is 0 Å². The number of amides is 1. The van der Waals surface area contributed by atoms with Crippen molar-refractivity contribution in [2.75, 3.05) is 13.1 Å². The summed E-state index contributed by atoms with van der Waals surface area (Å²) in [5.74, 6) is -0.233. The first-order chi connectivity index (χ1) is 11.1. The van der Waals surface area contributed by atoms with Crippen LogP contribution in [-0.2, 0) is 0 Å². The molecule has 1 saturated heterocycles. The molecule has 3 rings (SSSR count). The highest BCUT2D eigenvalue weighted by atomic mass is 35.5. The number of hydrogen-bond acceptors (Lipinski definition) is 5. The van der Waals surface area contributed by atoms with Crippen molar-refractivity contribution < 1.29 is 9.72 Å². The fraction of sp³-hybridized carbons (Fsp3) is 0.333. The zero-order valence-corrected chi connectivity index (χ0v) is 13.7. The molecule has 1 aromatic carbocycles.